The summed E-state index contributed by atoms with van der Waals surface area (Å²) >= 11 is 0. The highest BCUT2D eigenvalue weighted by molar-refractivity contribution is 5.81. The summed E-state index contributed by atoms with van der Waals surface area (Å²) in [6.45, 7) is 2.08. The smallest absolute Gasteiger partial charge is 0.0926 e. The molecule has 1 aromatic carbocycles. The predicted molar refractivity (Wildman–Crippen MR) is 45.5 cm³/mol. The summed E-state index contributed by atoms with van der Waals surface area (Å²) in [7, 11) is 1.97. The highest BCUT2D eigenvalue weighted by Gasteiger charge is 2.00. The molecule has 2 heteroatoms. The van der Waals surface area contributed by atoms with E-state index in [0.717, 1.165) is 5.52 Å². The summed E-state index contributed by atoms with van der Waals surface area (Å²) < 4.78 is 1.91. The van der Waals surface area contributed by atoms with Crippen molar-refractivity contribution >= 4 is 10.9 Å². The van der Waals surface area contributed by atoms with Crippen molar-refractivity contribution in [3.8, 4) is 0 Å². The molecular formula is C9H10N2. The van der Waals surface area contributed by atoms with E-state index in [1.54, 1.807) is 0 Å². The Bertz CT molecular complexity index is 387. The maximum absolute atomic E-state index is 4.33. The molecule has 56 valence electrons. The Morgan fingerprint density at radius 2 is 2.00 bits per heavy atom. The van der Waals surface area contributed by atoms with Crippen LogP contribution < -0.4 is 0 Å². The second kappa shape index (κ2) is 2.09. The van der Waals surface area contributed by atoms with Gasteiger partial charge in [-0.25, -0.2) is 0 Å². The van der Waals surface area contributed by atoms with Crippen LogP contribution >= 0.6 is 0 Å². The molecule has 0 saturated carbocycles. The molecule has 0 unspecified atom stereocenters. The molecule has 1 aromatic heterocycles. The summed E-state index contributed by atoms with van der Waals surface area (Å²) in [5.74, 6) is 0. The van der Waals surface area contributed by atoms with Gasteiger partial charge < -0.3 is 0 Å². The van der Waals surface area contributed by atoms with E-state index < -0.39 is 0 Å². The normalized spacial score (nSPS) is 10.7. The third kappa shape index (κ3) is 0.827. The second-order valence-electron chi connectivity index (χ2n) is 2.73. The van der Waals surface area contributed by atoms with Crippen molar-refractivity contribution in [3.63, 3.8) is 0 Å². The van der Waals surface area contributed by atoms with E-state index in [2.05, 4.69) is 18.1 Å². The molecular weight excluding hydrogens is 136 g/mol. The third-order valence-corrected chi connectivity index (χ3v) is 2.04. The lowest BCUT2D eigenvalue weighted by Gasteiger charge is -1.90. The number of aromatic nitrogens is 2. The Hall–Kier alpha value is -1.31. The molecule has 1 heterocycles. The molecule has 0 amide bonds. The molecule has 0 bridgehead atoms. The number of hydrogen-bond donors (Lipinski definition) is 0. The van der Waals surface area contributed by atoms with Gasteiger partial charge >= 0.3 is 0 Å². The first kappa shape index (κ1) is 6.40. The van der Waals surface area contributed by atoms with Crippen LogP contribution in [0, 0.1) is 6.92 Å². The van der Waals surface area contributed by atoms with Crippen LogP contribution in [0.2, 0.25) is 0 Å². The van der Waals surface area contributed by atoms with Gasteiger partial charge in [0.25, 0.3) is 0 Å². The molecule has 0 atom stereocenters. The lowest BCUT2D eigenvalue weighted by atomic mass is 10.2. The van der Waals surface area contributed by atoms with Gasteiger partial charge in [0, 0.05) is 18.1 Å². The Balaban J connectivity index is 2.92. The van der Waals surface area contributed by atoms with E-state index in [4.69, 9.17) is 0 Å². The molecule has 0 aliphatic rings. The van der Waals surface area contributed by atoms with Gasteiger partial charge in [0.15, 0.2) is 0 Å². The van der Waals surface area contributed by atoms with Gasteiger partial charge in [0.05, 0.1) is 5.52 Å². The minimum atomic E-state index is 1.08. The zero-order valence-corrected chi connectivity index (χ0v) is 6.70. The van der Waals surface area contributed by atoms with E-state index in [9.17, 15) is 0 Å². The Labute approximate surface area is 65.5 Å². The molecule has 2 rings (SSSR count). The topological polar surface area (TPSA) is 17.8 Å². The Kier molecular flexibility index (Phi) is 1.22. The van der Waals surface area contributed by atoms with Crippen molar-refractivity contribution in [2.45, 2.75) is 6.92 Å². The van der Waals surface area contributed by atoms with Crippen LogP contribution in [-0.4, -0.2) is 9.78 Å². The van der Waals surface area contributed by atoms with Crippen molar-refractivity contribution in [3.05, 3.63) is 30.0 Å². The highest BCUT2D eigenvalue weighted by atomic mass is 15.3. The van der Waals surface area contributed by atoms with E-state index in [-0.39, 0.29) is 0 Å². The summed E-state index contributed by atoms with van der Waals surface area (Å²) in [5.41, 5.74) is 2.30. The summed E-state index contributed by atoms with van der Waals surface area (Å²) in [4.78, 5) is 0. The molecule has 0 N–H and O–H groups in total. The van der Waals surface area contributed by atoms with E-state index in [1.807, 2.05) is 29.9 Å². The molecule has 2 nitrogen and oxygen atoms in total. The zero-order chi connectivity index (χ0) is 7.84. The monoisotopic (exact) mass is 146 g/mol. The second-order valence-corrected chi connectivity index (χ2v) is 2.73. The van der Waals surface area contributed by atoms with Gasteiger partial charge in [-0.1, -0.05) is 18.2 Å². The molecule has 11 heavy (non-hydrogen) atoms. The first-order valence-electron chi connectivity index (χ1n) is 3.67. The first-order valence-corrected chi connectivity index (χ1v) is 3.67. The number of fused-ring (bicyclic) bond motifs is 1. The maximum Gasteiger partial charge on any atom is 0.0926 e. The van der Waals surface area contributed by atoms with Crippen LogP contribution in [0.3, 0.4) is 0 Å². The minimum absolute atomic E-state index is 1.08. The lowest BCUT2D eigenvalue weighted by molar-refractivity contribution is 0.751. The van der Waals surface area contributed by atoms with Crippen molar-refractivity contribution in [2.24, 2.45) is 7.05 Å². The van der Waals surface area contributed by atoms with Crippen LogP contribution in [0.25, 0.3) is 10.9 Å². The van der Waals surface area contributed by atoms with E-state index in [1.165, 1.54) is 11.1 Å². The van der Waals surface area contributed by atoms with Crippen LogP contribution in [0.5, 0.6) is 0 Å². The van der Waals surface area contributed by atoms with Gasteiger partial charge in [-0.15, -0.1) is 0 Å². The highest BCUT2D eigenvalue weighted by Crippen LogP contribution is 2.15. The minimum Gasteiger partial charge on any atom is -0.272 e. The fourth-order valence-corrected chi connectivity index (χ4v) is 1.28. The first-order chi connectivity index (χ1) is 5.29. The lowest BCUT2D eigenvalue weighted by Crippen LogP contribution is -1.91. The van der Waals surface area contributed by atoms with E-state index in [0.29, 0.717) is 0 Å². The summed E-state index contributed by atoms with van der Waals surface area (Å²) in [6.07, 6.45) is 0. The molecule has 0 saturated heterocycles. The summed E-state index contributed by atoms with van der Waals surface area (Å²) in [6, 6.07) is 8.17. The van der Waals surface area contributed by atoms with Crippen molar-refractivity contribution in [1.29, 1.82) is 0 Å². The molecule has 0 fully saturated rings. The van der Waals surface area contributed by atoms with Crippen LogP contribution in [-0.2, 0) is 7.05 Å². The summed E-state index contributed by atoms with van der Waals surface area (Å²) in [5, 5.41) is 5.57. The zero-order valence-electron chi connectivity index (χ0n) is 6.70. The number of benzene rings is 1. The quantitative estimate of drug-likeness (QED) is 0.555. The fraction of sp³-hybridized carbons (Fsp3) is 0.222. The number of hydrogen-bond acceptors (Lipinski definition) is 1. The SMILES string of the molecule is Cc1c2ccccc2nn1C. The molecule has 0 aliphatic heterocycles. The average Bonchev–Trinajstić information content (AvgIpc) is 2.30. The maximum atomic E-state index is 4.33. The molecule has 0 spiro atoms. The van der Waals surface area contributed by atoms with Crippen molar-refractivity contribution < 1.29 is 0 Å². The van der Waals surface area contributed by atoms with E-state index >= 15 is 0 Å². The van der Waals surface area contributed by atoms with Crippen LogP contribution in [0.4, 0.5) is 0 Å². The van der Waals surface area contributed by atoms with Gasteiger partial charge in [0.2, 0.25) is 0 Å². The standard InChI is InChI=1S/C9H10N2/c1-7-8-5-3-4-6-9(8)10-11(7)2/h3-6H,1-2H3. The van der Waals surface area contributed by atoms with Crippen molar-refractivity contribution in [1.82, 2.24) is 9.78 Å². The van der Waals surface area contributed by atoms with Gasteiger partial charge in [-0.3, -0.25) is 4.68 Å². The molecule has 0 aliphatic carbocycles. The molecule has 2 aromatic rings. The Morgan fingerprint density at radius 1 is 1.27 bits per heavy atom. The largest absolute Gasteiger partial charge is 0.272 e. The number of aryl methyl sites for hydroxylation is 2. The number of rotatable bonds is 0. The third-order valence-electron chi connectivity index (χ3n) is 2.04. The predicted octanol–water partition coefficient (Wildman–Crippen LogP) is 1.88. The fourth-order valence-electron chi connectivity index (χ4n) is 1.28. The average molecular weight is 146 g/mol. The number of nitrogens with zero attached hydrogens (tertiary/aromatic N) is 2. The van der Waals surface area contributed by atoms with Gasteiger partial charge in [-0.05, 0) is 13.0 Å². The van der Waals surface area contributed by atoms with Crippen LogP contribution in [0.15, 0.2) is 24.3 Å². The van der Waals surface area contributed by atoms with Crippen molar-refractivity contribution in [2.75, 3.05) is 0 Å². The Morgan fingerprint density at radius 3 is 2.73 bits per heavy atom. The van der Waals surface area contributed by atoms with Crippen LogP contribution in [0.1, 0.15) is 5.69 Å². The van der Waals surface area contributed by atoms with Gasteiger partial charge in [-0.2, -0.15) is 5.10 Å². The van der Waals surface area contributed by atoms with Gasteiger partial charge in [0.1, 0.15) is 0 Å². The molecule has 0 radical (unpaired) electrons.